The number of carbonyl (C=O) groups excluding carboxylic acids is 2. The Morgan fingerprint density at radius 3 is 2.15 bits per heavy atom. The maximum atomic E-state index is 11.4. The second-order valence-corrected chi connectivity index (χ2v) is 4.99. The van der Waals surface area contributed by atoms with Gasteiger partial charge in [-0.05, 0) is 12.3 Å². The summed E-state index contributed by atoms with van der Waals surface area (Å²) in [5.41, 5.74) is 0. The van der Waals surface area contributed by atoms with E-state index < -0.39 is 0 Å². The molecule has 0 radical (unpaired) electrons. The molecule has 0 aromatic carbocycles. The normalized spacial score (nSPS) is 10.6. The van der Waals surface area contributed by atoms with Crippen LogP contribution >= 0.6 is 0 Å². The third-order valence-corrected chi connectivity index (χ3v) is 2.51. The summed E-state index contributed by atoms with van der Waals surface area (Å²) in [6.45, 7) is 8.87. The van der Waals surface area contributed by atoms with Gasteiger partial charge in [0.25, 0.3) is 0 Å². The molecule has 118 valence electrons. The number of amides is 2. The zero-order valence-electron chi connectivity index (χ0n) is 12.9. The molecule has 0 bridgehead atoms. The van der Waals surface area contributed by atoms with Crippen LogP contribution in [-0.4, -0.2) is 51.3 Å². The third-order valence-electron chi connectivity index (χ3n) is 2.51. The molecule has 0 aromatic rings. The van der Waals surface area contributed by atoms with Gasteiger partial charge in [-0.3, -0.25) is 9.59 Å². The van der Waals surface area contributed by atoms with Gasteiger partial charge in [0.05, 0.1) is 19.8 Å². The monoisotopic (exact) mass is 288 g/mol. The quantitative estimate of drug-likeness (QED) is 0.519. The molecule has 0 unspecified atom stereocenters. The van der Waals surface area contributed by atoms with Crippen LogP contribution in [0, 0.1) is 5.92 Å². The summed E-state index contributed by atoms with van der Waals surface area (Å²) in [7, 11) is 0. The maximum Gasteiger partial charge on any atom is 0.222 e. The molecule has 20 heavy (non-hydrogen) atoms. The number of rotatable bonds is 12. The first-order valence-electron chi connectivity index (χ1n) is 7.19. The van der Waals surface area contributed by atoms with E-state index in [-0.39, 0.29) is 11.8 Å². The Morgan fingerprint density at radius 1 is 0.950 bits per heavy atom. The van der Waals surface area contributed by atoms with Crippen LogP contribution in [0.4, 0.5) is 0 Å². The molecule has 0 atom stereocenters. The summed E-state index contributed by atoms with van der Waals surface area (Å²) in [5, 5.41) is 5.30. The fraction of sp³-hybridized carbons (Fsp3) is 0.857. The van der Waals surface area contributed by atoms with Crippen LogP contribution in [0.2, 0.25) is 0 Å². The summed E-state index contributed by atoms with van der Waals surface area (Å²) in [5.74, 6) is 0.480. The molecule has 2 amide bonds. The predicted octanol–water partition coefficient (Wildman–Crippen LogP) is 0.708. The van der Waals surface area contributed by atoms with Gasteiger partial charge in [0, 0.05) is 33.0 Å². The first-order valence-corrected chi connectivity index (χ1v) is 7.19. The molecule has 0 saturated heterocycles. The first kappa shape index (κ1) is 18.9. The smallest absolute Gasteiger partial charge is 0.222 e. The number of nitrogens with one attached hydrogen (secondary N) is 2. The van der Waals surface area contributed by atoms with Crippen molar-refractivity contribution in [2.75, 3.05) is 39.5 Å². The molecule has 0 heterocycles. The molecule has 6 nitrogen and oxygen atoms in total. The largest absolute Gasteiger partial charge is 0.379 e. The second kappa shape index (κ2) is 12.9. The number of hydrogen-bond acceptors (Lipinski definition) is 4. The molecule has 0 fully saturated rings. The van der Waals surface area contributed by atoms with Gasteiger partial charge < -0.3 is 20.1 Å². The van der Waals surface area contributed by atoms with Crippen LogP contribution in [0.1, 0.15) is 33.6 Å². The van der Waals surface area contributed by atoms with Gasteiger partial charge in [-0.15, -0.1) is 0 Å². The lowest BCUT2D eigenvalue weighted by Gasteiger charge is -2.08. The average molecular weight is 288 g/mol. The third kappa shape index (κ3) is 14.9. The number of hydrogen-bond donors (Lipinski definition) is 2. The SMILES string of the molecule is CC(=O)NCCNC(=O)CCOCCOCCC(C)C. The minimum Gasteiger partial charge on any atom is -0.379 e. The molecule has 0 aliphatic rings. The molecule has 0 saturated carbocycles. The summed E-state index contributed by atoms with van der Waals surface area (Å²) in [6, 6.07) is 0. The Balaban J connectivity index is 3.21. The van der Waals surface area contributed by atoms with Crippen molar-refractivity contribution in [3.05, 3.63) is 0 Å². The van der Waals surface area contributed by atoms with Crippen molar-refractivity contribution in [1.82, 2.24) is 10.6 Å². The summed E-state index contributed by atoms with van der Waals surface area (Å²) >= 11 is 0. The van der Waals surface area contributed by atoms with Crippen molar-refractivity contribution < 1.29 is 19.1 Å². The van der Waals surface area contributed by atoms with Crippen molar-refractivity contribution in [3.63, 3.8) is 0 Å². The summed E-state index contributed by atoms with van der Waals surface area (Å²) in [4.78, 5) is 22.0. The molecule has 0 aliphatic heterocycles. The fourth-order valence-corrected chi connectivity index (χ4v) is 1.33. The summed E-state index contributed by atoms with van der Waals surface area (Å²) in [6.07, 6.45) is 1.38. The lowest BCUT2D eigenvalue weighted by atomic mass is 10.1. The minimum atomic E-state index is -0.0972. The Bertz CT molecular complexity index is 270. The van der Waals surface area contributed by atoms with Crippen molar-refractivity contribution in [1.29, 1.82) is 0 Å². The molecule has 0 spiro atoms. The molecule has 2 N–H and O–H groups in total. The topological polar surface area (TPSA) is 76.7 Å². The average Bonchev–Trinajstić information content (AvgIpc) is 2.37. The highest BCUT2D eigenvalue weighted by atomic mass is 16.5. The Hall–Kier alpha value is -1.14. The fourth-order valence-electron chi connectivity index (χ4n) is 1.33. The zero-order valence-corrected chi connectivity index (χ0v) is 12.9. The predicted molar refractivity (Wildman–Crippen MR) is 77.4 cm³/mol. The molecule has 0 aromatic heterocycles. The van der Waals surface area contributed by atoms with E-state index in [4.69, 9.17) is 9.47 Å². The van der Waals surface area contributed by atoms with Crippen molar-refractivity contribution in [3.8, 4) is 0 Å². The Morgan fingerprint density at radius 2 is 1.55 bits per heavy atom. The van der Waals surface area contributed by atoms with Gasteiger partial charge in [0.1, 0.15) is 0 Å². The van der Waals surface area contributed by atoms with E-state index >= 15 is 0 Å². The standard InChI is InChI=1S/C14H28N2O4/c1-12(2)4-8-19-10-11-20-9-5-14(18)16-7-6-15-13(3)17/h12H,4-11H2,1-3H3,(H,15,17)(H,16,18). The van der Waals surface area contributed by atoms with Gasteiger partial charge in [0.15, 0.2) is 0 Å². The van der Waals surface area contributed by atoms with E-state index in [1.807, 2.05) is 0 Å². The van der Waals surface area contributed by atoms with Gasteiger partial charge in [0.2, 0.25) is 11.8 Å². The highest BCUT2D eigenvalue weighted by Gasteiger charge is 2.00. The van der Waals surface area contributed by atoms with E-state index in [1.165, 1.54) is 6.92 Å². The van der Waals surface area contributed by atoms with Gasteiger partial charge >= 0.3 is 0 Å². The highest BCUT2D eigenvalue weighted by molar-refractivity contribution is 5.76. The van der Waals surface area contributed by atoms with E-state index in [9.17, 15) is 9.59 Å². The van der Waals surface area contributed by atoms with E-state index in [2.05, 4.69) is 24.5 Å². The lowest BCUT2D eigenvalue weighted by Crippen LogP contribution is -2.34. The molecule has 0 aliphatic carbocycles. The van der Waals surface area contributed by atoms with Gasteiger partial charge in [-0.1, -0.05) is 13.8 Å². The first-order chi connectivity index (χ1) is 9.52. The molecular formula is C14H28N2O4. The van der Waals surface area contributed by atoms with Crippen molar-refractivity contribution >= 4 is 11.8 Å². The van der Waals surface area contributed by atoms with Crippen molar-refractivity contribution in [2.24, 2.45) is 5.92 Å². The Kier molecular flexibility index (Phi) is 12.1. The van der Waals surface area contributed by atoms with Crippen LogP contribution in [0.3, 0.4) is 0 Å². The van der Waals surface area contributed by atoms with Crippen LogP contribution in [0.5, 0.6) is 0 Å². The number of ether oxygens (including phenoxy) is 2. The zero-order chi connectivity index (χ0) is 15.2. The van der Waals surface area contributed by atoms with E-state index in [0.29, 0.717) is 45.2 Å². The van der Waals surface area contributed by atoms with Gasteiger partial charge in [-0.25, -0.2) is 0 Å². The molecular weight excluding hydrogens is 260 g/mol. The van der Waals surface area contributed by atoms with Crippen LogP contribution in [-0.2, 0) is 19.1 Å². The van der Waals surface area contributed by atoms with E-state index in [1.54, 1.807) is 0 Å². The maximum absolute atomic E-state index is 11.4. The lowest BCUT2D eigenvalue weighted by molar-refractivity contribution is -0.123. The van der Waals surface area contributed by atoms with Crippen LogP contribution in [0.25, 0.3) is 0 Å². The van der Waals surface area contributed by atoms with E-state index in [0.717, 1.165) is 13.0 Å². The minimum absolute atomic E-state index is 0.0731. The summed E-state index contributed by atoms with van der Waals surface area (Å²) < 4.78 is 10.7. The Labute approximate surface area is 121 Å². The highest BCUT2D eigenvalue weighted by Crippen LogP contribution is 1.98. The number of carbonyl (C=O) groups is 2. The van der Waals surface area contributed by atoms with Gasteiger partial charge in [-0.2, -0.15) is 0 Å². The molecule has 0 rings (SSSR count). The van der Waals surface area contributed by atoms with Crippen LogP contribution in [0.15, 0.2) is 0 Å². The van der Waals surface area contributed by atoms with Crippen molar-refractivity contribution in [2.45, 2.75) is 33.6 Å². The van der Waals surface area contributed by atoms with Crippen LogP contribution < -0.4 is 10.6 Å². The second-order valence-electron chi connectivity index (χ2n) is 4.99. The molecule has 6 heteroatoms.